The van der Waals surface area contributed by atoms with Crippen LogP contribution in [0.2, 0.25) is 0 Å². The van der Waals surface area contributed by atoms with Crippen molar-refractivity contribution < 1.29 is 14.6 Å². The van der Waals surface area contributed by atoms with E-state index in [1.807, 2.05) is 12.1 Å². The van der Waals surface area contributed by atoms with E-state index in [4.69, 9.17) is 17.0 Å². The molecule has 3 N–H and O–H groups in total. The number of aromatic hydroxyl groups is 1. The third-order valence-corrected chi connectivity index (χ3v) is 4.23. The van der Waals surface area contributed by atoms with Crippen LogP contribution >= 0.6 is 12.2 Å². The van der Waals surface area contributed by atoms with E-state index in [1.54, 1.807) is 30.3 Å². The van der Waals surface area contributed by atoms with Crippen molar-refractivity contribution >= 4 is 28.9 Å². The molecule has 132 valence electrons. The highest BCUT2D eigenvalue weighted by Crippen LogP contribution is 2.29. The molecule has 2 rings (SSSR count). The third-order valence-electron chi connectivity index (χ3n) is 4.03. The highest BCUT2D eigenvalue weighted by Gasteiger charge is 2.14. The van der Waals surface area contributed by atoms with Gasteiger partial charge < -0.3 is 15.2 Å². The van der Waals surface area contributed by atoms with E-state index in [0.717, 1.165) is 12.0 Å². The molecule has 1 atom stereocenters. The van der Waals surface area contributed by atoms with Gasteiger partial charge in [0.25, 0.3) is 5.91 Å². The predicted octanol–water partition coefficient (Wildman–Crippen LogP) is 4.04. The summed E-state index contributed by atoms with van der Waals surface area (Å²) in [6.45, 7) is 4.21. The summed E-state index contributed by atoms with van der Waals surface area (Å²) >= 11 is 5.19. The lowest BCUT2D eigenvalue weighted by molar-refractivity contribution is 0.0974. The topological polar surface area (TPSA) is 70.6 Å². The molecule has 0 fully saturated rings. The van der Waals surface area contributed by atoms with Crippen LogP contribution in [0.1, 0.15) is 42.1 Å². The van der Waals surface area contributed by atoms with Crippen molar-refractivity contribution in [1.82, 2.24) is 5.32 Å². The van der Waals surface area contributed by atoms with E-state index in [0.29, 0.717) is 22.9 Å². The third kappa shape index (κ3) is 4.70. The van der Waals surface area contributed by atoms with Gasteiger partial charge in [0.1, 0.15) is 11.5 Å². The van der Waals surface area contributed by atoms with E-state index < -0.39 is 0 Å². The van der Waals surface area contributed by atoms with Crippen molar-refractivity contribution in [3.63, 3.8) is 0 Å². The molecule has 0 aromatic heterocycles. The Kier molecular flexibility index (Phi) is 6.36. The van der Waals surface area contributed by atoms with Crippen molar-refractivity contribution in [2.45, 2.75) is 26.2 Å². The summed E-state index contributed by atoms with van der Waals surface area (Å²) < 4.78 is 5.18. The fraction of sp³-hybridized carbons (Fsp3) is 0.263. The molecule has 2 aromatic rings. The Morgan fingerprint density at radius 1 is 1.28 bits per heavy atom. The monoisotopic (exact) mass is 358 g/mol. The van der Waals surface area contributed by atoms with Crippen LogP contribution in [0.25, 0.3) is 0 Å². The fourth-order valence-electron chi connectivity index (χ4n) is 2.35. The Bertz CT molecular complexity index is 777. The van der Waals surface area contributed by atoms with Gasteiger partial charge in [-0.25, -0.2) is 0 Å². The summed E-state index contributed by atoms with van der Waals surface area (Å²) in [4.78, 5) is 12.4. The number of nitrogens with one attached hydrogen (secondary N) is 2. The maximum Gasteiger partial charge on any atom is 0.261 e. The number of hydrogen-bond donors (Lipinski definition) is 3. The number of hydrogen-bond acceptors (Lipinski definition) is 4. The second kappa shape index (κ2) is 8.48. The van der Waals surface area contributed by atoms with E-state index in [-0.39, 0.29) is 16.8 Å². The van der Waals surface area contributed by atoms with Gasteiger partial charge in [-0.15, -0.1) is 0 Å². The first-order chi connectivity index (χ1) is 12.0. The first kappa shape index (κ1) is 18.7. The number of rotatable bonds is 5. The number of carbonyl (C=O) groups is 1. The SMILES string of the molecule is CCC(C)c1ccc(O)c(NC(=S)NC(=O)c2ccccc2OC)c1. The number of amides is 1. The van der Waals surface area contributed by atoms with Crippen molar-refractivity contribution in [2.75, 3.05) is 12.4 Å². The smallest absolute Gasteiger partial charge is 0.261 e. The Hall–Kier alpha value is -2.60. The molecule has 0 radical (unpaired) electrons. The summed E-state index contributed by atoms with van der Waals surface area (Å²) in [5.41, 5.74) is 1.93. The first-order valence-electron chi connectivity index (χ1n) is 8.04. The maximum absolute atomic E-state index is 12.4. The van der Waals surface area contributed by atoms with Gasteiger partial charge in [-0.1, -0.05) is 32.0 Å². The molecule has 0 aliphatic heterocycles. The van der Waals surface area contributed by atoms with E-state index in [2.05, 4.69) is 24.5 Å². The Morgan fingerprint density at radius 2 is 2.00 bits per heavy atom. The largest absolute Gasteiger partial charge is 0.506 e. The molecule has 0 saturated heterocycles. The van der Waals surface area contributed by atoms with Crippen LogP contribution in [-0.4, -0.2) is 23.2 Å². The molecule has 0 heterocycles. The summed E-state index contributed by atoms with van der Waals surface area (Å²) in [7, 11) is 1.50. The lowest BCUT2D eigenvalue weighted by Crippen LogP contribution is -2.34. The molecule has 0 aliphatic carbocycles. The zero-order valence-electron chi connectivity index (χ0n) is 14.5. The molecule has 1 unspecified atom stereocenters. The standard InChI is InChI=1S/C19H22N2O3S/c1-4-12(2)13-9-10-16(22)15(11-13)20-19(25)21-18(23)14-7-5-6-8-17(14)24-3/h5-12,22H,4H2,1-3H3,(H2,20,21,23,25). The molecule has 5 nitrogen and oxygen atoms in total. The lowest BCUT2D eigenvalue weighted by Gasteiger charge is -2.15. The second-order valence-corrected chi connectivity index (χ2v) is 6.10. The van der Waals surface area contributed by atoms with Gasteiger partial charge in [-0.2, -0.15) is 0 Å². The van der Waals surface area contributed by atoms with Crippen LogP contribution in [0.5, 0.6) is 11.5 Å². The van der Waals surface area contributed by atoms with Crippen molar-refractivity contribution in [2.24, 2.45) is 0 Å². The molecule has 0 saturated carbocycles. The molecule has 0 aliphatic rings. The maximum atomic E-state index is 12.4. The number of para-hydroxylation sites is 1. The molecule has 25 heavy (non-hydrogen) atoms. The summed E-state index contributed by atoms with van der Waals surface area (Å²) in [5, 5.41) is 15.6. The van der Waals surface area contributed by atoms with Gasteiger partial charge in [0.05, 0.1) is 18.4 Å². The molecule has 2 aromatic carbocycles. The first-order valence-corrected chi connectivity index (χ1v) is 8.45. The second-order valence-electron chi connectivity index (χ2n) is 5.69. The number of phenols is 1. The fourth-order valence-corrected chi connectivity index (χ4v) is 2.55. The number of anilines is 1. The zero-order chi connectivity index (χ0) is 18.4. The summed E-state index contributed by atoms with van der Waals surface area (Å²) in [6.07, 6.45) is 0.985. The van der Waals surface area contributed by atoms with E-state index in [9.17, 15) is 9.90 Å². The van der Waals surface area contributed by atoms with Crippen LogP contribution in [-0.2, 0) is 0 Å². The average Bonchev–Trinajstić information content (AvgIpc) is 2.62. The van der Waals surface area contributed by atoms with Crippen molar-refractivity contribution in [3.05, 3.63) is 53.6 Å². The predicted molar refractivity (Wildman–Crippen MR) is 103 cm³/mol. The highest BCUT2D eigenvalue weighted by atomic mass is 32.1. The lowest BCUT2D eigenvalue weighted by atomic mass is 9.98. The normalized spacial score (nSPS) is 11.5. The van der Waals surface area contributed by atoms with Crippen molar-refractivity contribution in [3.8, 4) is 11.5 Å². The molecule has 0 spiro atoms. The minimum atomic E-state index is -0.382. The van der Waals surface area contributed by atoms with E-state index in [1.165, 1.54) is 7.11 Å². The van der Waals surface area contributed by atoms with Gasteiger partial charge in [-0.05, 0) is 54.4 Å². The Labute approximate surface area is 153 Å². The minimum Gasteiger partial charge on any atom is -0.506 e. The van der Waals surface area contributed by atoms with Crippen LogP contribution in [0.15, 0.2) is 42.5 Å². The van der Waals surface area contributed by atoms with Gasteiger partial charge in [0.2, 0.25) is 0 Å². The number of thiocarbonyl (C=S) groups is 1. The Morgan fingerprint density at radius 3 is 2.68 bits per heavy atom. The number of ether oxygens (including phenoxy) is 1. The van der Waals surface area contributed by atoms with Gasteiger partial charge in [-0.3, -0.25) is 10.1 Å². The molecule has 6 heteroatoms. The minimum absolute atomic E-state index is 0.0703. The summed E-state index contributed by atoms with van der Waals surface area (Å²) in [5.74, 6) is 0.510. The molecule has 0 bridgehead atoms. The van der Waals surface area contributed by atoms with Crippen molar-refractivity contribution in [1.29, 1.82) is 0 Å². The average molecular weight is 358 g/mol. The van der Waals surface area contributed by atoms with Crippen LogP contribution in [0, 0.1) is 0 Å². The van der Waals surface area contributed by atoms with Gasteiger partial charge in [0, 0.05) is 0 Å². The number of benzene rings is 2. The summed E-state index contributed by atoms with van der Waals surface area (Å²) in [6, 6.07) is 12.2. The quantitative estimate of drug-likeness (QED) is 0.556. The van der Waals surface area contributed by atoms with Gasteiger partial charge >= 0.3 is 0 Å². The molecular weight excluding hydrogens is 336 g/mol. The van der Waals surface area contributed by atoms with Crippen LogP contribution < -0.4 is 15.4 Å². The molecule has 1 amide bonds. The number of phenolic OH excluding ortho intramolecular Hbond substituents is 1. The van der Waals surface area contributed by atoms with Crippen LogP contribution in [0.4, 0.5) is 5.69 Å². The van der Waals surface area contributed by atoms with Crippen LogP contribution in [0.3, 0.4) is 0 Å². The number of methoxy groups -OCH3 is 1. The highest BCUT2D eigenvalue weighted by molar-refractivity contribution is 7.80. The van der Waals surface area contributed by atoms with E-state index >= 15 is 0 Å². The zero-order valence-corrected chi connectivity index (χ0v) is 15.3. The Balaban J connectivity index is 2.11. The number of carbonyl (C=O) groups excluding carboxylic acids is 1. The molecular formula is C19H22N2O3S. The van der Waals surface area contributed by atoms with Gasteiger partial charge in [0.15, 0.2) is 5.11 Å².